The van der Waals surface area contributed by atoms with E-state index in [4.69, 9.17) is 4.98 Å². The summed E-state index contributed by atoms with van der Waals surface area (Å²) < 4.78 is 1.92. The van der Waals surface area contributed by atoms with Crippen LogP contribution in [0, 0.1) is 6.92 Å². The summed E-state index contributed by atoms with van der Waals surface area (Å²) in [5, 5.41) is 14.9. The first-order valence-electron chi connectivity index (χ1n) is 12.3. The smallest absolute Gasteiger partial charge is 0.261 e. The Kier molecular flexibility index (Phi) is 6.07. The average molecular weight is 503 g/mol. The Bertz CT molecular complexity index is 1740. The lowest BCUT2D eigenvalue weighted by Gasteiger charge is -2.26. The Labute approximate surface area is 218 Å². The molecule has 38 heavy (non-hydrogen) atoms. The van der Waals surface area contributed by atoms with E-state index in [0.29, 0.717) is 17.1 Å². The van der Waals surface area contributed by atoms with Gasteiger partial charge in [0.25, 0.3) is 5.56 Å². The van der Waals surface area contributed by atoms with Crippen LogP contribution in [0.3, 0.4) is 0 Å². The highest BCUT2D eigenvalue weighted by Gasteiger charge is 2.25. The minimum absolute atomic E-state index is 0.289. The van der Waals surface area contributed by atoms with Crippen LogP contribution in [-0.4, -0.2) is 29.6 Å². The van der Waals surface area contributed by atoms with E-state index in [-0.39, 0.29) is 5.56 Å². The first-order valence-corrected chi connectivity index (χ1v) is 12.3. The maximum atomic E-state index is 13.2. The summed E-state index contributed by atoms with van der Waals surface area (Å²) in [6.07, 6.45) is 6.08. The Morgan fingerprint density at radius 2 is 1.71 bits per heavy atom. The van der Waals surface area contributed by atoms with Crippen molar-refractivity contribution in [2.75, 3.05) is 5.32 Å². The van der Waals surface area contributed by atoms with Crippen molar-refractivity contribution in [3.8, 4) is 17.1 Å². The molecule has 3 aromatic heterocycles. The molecule has 0 unspecified atom stereocenters. The summed E-state index contributed by atoms with van der Waals surface area (Å²) in [5.74, 6) is 0.441. The Morgan fingerprint density at radius 1 is 0.974 bits per heavy atom. The van der Waals surface area contributed by atoms with Gasteiger partial charge < -0.3 is 25.0 Å². The molecule has 0 aliphatic carbocycles. The van der Waals surface area contributed by atoms with Gasteiger partial charge in [-0.2, -0.15) is 0 Å². The summed E-state index contributed by atoms with van der Waals surface area (Å²) >= 11 is 0. The van der Waals surface area contributed by atoms with Crippen molar-refractivity contribution in [1.29, 1.82) is 0 Å². The molecular formula is C30H26N6O2. The zero-order chi connectivity index (χ0) is 26.1. The highest BCUT2D eigenvalue weighted by molar-refractivity contribution is 5.86. The molecule has 0 saturated heterocycles. The number of aliphatic hydroxyl groups is 1. The van der Waals surface area contributed by atoms with E-state index < -0.39 is 12.1 Å². The fourth-order valence-corrected chi connectivity index (χ4v) is 4.80. The van der Waals surface area contributed by atoms with Crippen LogP contribution in [0.15, 0.2) is 109 Å². The molecule has 6 rings (SSSR count). The normalized spacial score (nSPS) is 12.9. The van der Waals surface area contributed by atoms with Gasteiger partial charge in [-0.05, 0) is 41.8 Å². The number of aryl methyl sites for hydroxylation is 1. The van der Waals surface area contributed by atoms with Crippen molar-refractivity contribution in [1.82, 2.24) is 24.5 Å². The van der Waals surface area contributed by atoms with Crippen LogP contribution in [0.5, 0.6) is 0 Å². The SMILES string of the molecule is Cc1cc(-n2ccnc2)cc2[nH]c(-c3c(N[C@@H](c4ccccc4)[C@H](O)c4ccccc4)cc[nH]c3=O)nc12. The Morgan fingerprint density at radius 3 is 2.42 bits per heavy atom. The van der Waals surface area contributed by atoms with Crippen LogP contribution in [-0.2, 0) is 0 Å². The molecule has 6 aromatic rings. The second-order valence-corrected chi connectivity index (χ2v) is 9.20. The van der Waals surface area contributed by atoms with Crippen LogP contribution in [0.4, 0.5) is 5.69 Å². The van der Waals surface area contributed by atoms with Crippen molar-refractivity contribution in [3.63, 3.8) is 0 Å². The minimum Gasteiger partial charge on any atom is -0.386 e. The lowest BCUT2D eigenvalue weighted by Crippen LogP contribution is -2.22. The first kappa shape index (κ1) is 23.4. The zero-order valence-electron chi connectivity index (χ0n) is 20.7. The van der Waals surface area contributed by atoms with Crippen molar-refractivity contribution in [2.24, 2.45) is 0 Å². The lowest BCUT2D eigenvalue weighted by atomic mass is 9.95. The Hall–Kier alpha value is -4.95. The fraction of sp³-hybridized carbons (Fsp3) is 0.100. The number of hydrogen-bond donors (Lipinski definition) is 4. The van der Waals surface area contributed by atoms with Gasteiger partial charge in [0.15, 0.2) is 0 Å². The van der Waals surface area contributed by atoms with Gasteiger partial charge in [0.2, 0.25) is 0 Å². The van der Waals surface area contributed by atoms with E-state index in [9.17, 15) is 9.90 Å². The highest BCUT2D eigenvalue weighted by Crippen LogP contribution is 2.35. The van der Waals surface area contributed by atoms with Gasteiger partial charge in [-0.25, -0.2) is 9.97 Å². The van der Waals surface area contributed by atoms with E-state index in [1.54, 1.807) is 24.8 Å². The van der Waals surface area contributed by atoms with Crippen LogP contribution in [0.2, 0.25) is 0 Å². The minimum atomic E-state index is -0.860. The van der Waals surface area contributed by atoms with Crippen LogP contribution < -0.4 is 10.9 Å². The maximum Gasteiger partial charge on any atom is 0.261 e. The standard InChI is InChI=1S/C30H26N6O2/c1-19-16-22(36-15-14-31-18-36)17-24-26(19)35-29(34-24)25-23(12-13-32-30(25)38)33-27(20-8-4-2-5-9-20)28(37)21-10-6-3-7-11-21/h2-18,27-28,37H,1H3,(H,34,35)(H2,32,33,38)/t27-,28+/m0/s1. The third-order valence-corrected chi connectivity index (χ3v) is 6.69. The summed E-state index contributed by atoms with van der Waals surface area (Å²) in [4.78, 5) is 28.2. The topological polar surface area (TPSA) is 112 Å². The van der Waals surface area contributed by atoms with Gasteiger partial charge in [-0.1, -0.05) is 60.7 Å². The lowest BCUT2D eigenvalue weighted by molar-refractivity contribution is 0.155. The number of aliphatic hydroxyl groups excluding tert-OH is 1. The number of benzene rings is 3. The molecule has 0 saturated carbocycles. The predicted molar refractivity (Wildman–Crippen MR) is 148 cm³/mol. The maximum absolute atomic E-state index is 13.2. The molecule has 0 bridgehead atoms. The molecule has 0 spiro atoms. The van der Waals surface area contributed by atoms with E-state index in [1.165, 1.54) is 0 Å². The van der Waals surface area contributed by atoms with Gasteiger partial charge in [0, 0.05) is 24.3 Å². The van der Waals surface area contributed by atoms with Crippen molar-refractivity contribution < 1.29 is 5.11 Å². The molecule has 4 N–H and O–H groups in total. The number of aromatic amines is 2. The third kappa shape index (κ3) is 4.38. The van der Waals surface area contributed by atoms with Crippen LogP contribution in [0.25, 0.3) is 28.1 Å². The molecule has 3 heterocycles. The van der Waals surface area contributed by atoms with Crippen LogP contribution >= 0.6 is 0 Å². The number of anilines is 1. The van der Waals surface area contributed by atoms with Crippen molar-refractivity contribution >= 4 is 16.7 Å². The Balaban J connectivity index is 1.44. The zero-order valence-corrected chi connectivity index (χ0v) is 20.7. The number of aromatic nitrogens is 5. The van der Waals surface area contributed by atoms with E-state index in [1.807, 2.05) is 90.5 Å². The van der Waals surface area contributed by atoms with Gasteiger partial charge >= 0.3 is 0 Å². The van der Waals surface area contributed by atoms with Crippen molar-refractivity contribution in [2.45, 2.75) is 19.1 Å². The first-order chi connectivity index (χ1) is 18.6. The summed E-state index contributed by atoms with van der Waals surface area (Å²) in [6, 6.07) is 24.5. The molecule has 3 aromatic carbocycles. The van der Waals surface area contributed by atoms with Gasteiger partial charge in [0.1, 0.15) is 17.5 Å². The average Bonchev–Trinajstić information content (AvgIpc) is 3.63. The molecule has 0 aliphatic heterocycles. The van der Waals surface area contributed by atoms with Crippen molar-refractivity contribution in [3.05, 3.63) is 131 Å². The number of nitrogens with one attached hydrogen (secondary N) is 3. The molecule has 0 fully saturated rings. The fourth-order valence-electron chi connectivity index (χ4n) is 4.80. The number of H-pyrrole nitrogens is 2. The number of nitrogens with zero attached hydrogens (tertiary/aromatic N) is 3. The molecular weight excluding hydrogens is 476 g/mol. The second kappa shape index (κ2) is 9.84. The van der Waals surface area contributed by atoms with E-state index in [0.717, 1.165) is 33.4 Å². The second-order valence-electron chi connectivity index (χ2n) is 9.20. The molecule has 188 valence electrons. The largest absolute Gasteiger partial charge is 0.386 e. The summed E-state index contributed by atoms with van der Waals surface area (Å²) in [5.41, 5.74) is 5.80. The summed E-state index contributed by atoms with van der Waals surface area (Å²) in [6.45, 7) is 1.99. The van der Waals surface area contributed by atoms with Crippen LogP contribution in [0.1, 0.15) is 28.8 Å². The number of pyridine rings is 1. The quantitative estimate of drug-likeness (QED) is 0.237. The third-order valence-electron chi connectivity index (χ3n) is 6.69. The monoisotopic (exact) mass is 502 g/mol. The highest BCUT2D eigenvalue weighted by atomic mass is 16.3. The molecule has 0 radical (unpaired) electrons. The van der Waals surface area contributed by atoms with Gasteiger partial charge in [0.05, 0.1) is 29.1 Å². The number of rotatable bonds is 7. The van der Waals surface area contributed by atoms with E-state index >= 15 is 0 Å². The van der Waals surface area contributed by atoms with Gasteiger partial charge in [-0.3, -0.25) is 4.79 Å². The number of fused-ring (bicyclic) bond motifs is 1. The van der Waals surface area contributed by atoms with E-state index in [2.05, 4.69) is 20.3 Å². The predicted octanol–water partition coefficient (Wildman–Crippen LogP) is 5.30. The molecule has 0 amide bonds. The molecule has 8 heteroatoms. The number of hydrogen-bond acceptors (Lipinski definition) is 5. The molecule has 0 aliphatic rings. The summed E-state index contributed by atoms with van der Waals surface area (Å²) in [7, 11) is 0. The molecule has 2 atom stereocenters. The van der Waals surface area contributed by atoms with Gasteiger partial charge in [-0.15, -0.1) is 0 Å². The molecule has 8 nitrogen and oxygen atoms in total. The number of imidazole rings is 2.